The van der Waals surface area contributed by atoms with E-state index in [0.29, 0.717) is 29.7 Å². The number of benzene rings is 2. The van der Waals surface area contributed by atoms with Gasteiger partial charge in [0, 0.05) is 17.0 Å². The van der Waals surface area contributed by atoms with Gasteiger partial charge in [0.2, 0.25) is 0 Å². The molecular weight excluding hydrogens is 412 g/mol. The second-order valence-electron chi connectivity index (χ2n) is 9.94. The number of ether oxygens (including phenoxy) is 2. The van der Waals surface area contributed by atoms with E-state index in [4.69, 9.17) is 9.47 Å². The second kappa shape index (κ2) is 7.13. The Hall–Kier alpha value is -3.24. The van der Waals surface area contributed by atoms with Crippen LogP contribution in [-0.2, 0) is 4.74 Å². The molecule has 4 aliphatic rings. The number of rotatable bonds is 4. The molecule has 2 bridgehead atoms. The van der Waals surface area contributed by atoms with Gasteiger partial charge >= 0.3 is 0 Å². The first-order chi connectivity index (χ1) is 15.9. The Labute approximate surface area is 193 Å². The van der Waals surface area contributed by atoms with Gasteiger partial charge in [-0.2, -0.15) is 0 Å². The van der Waals surface area contributed by atoms with Gasteiger partial charge in [-0.25, -0.2) is 0 Å². The Balaban J connectivity index is 1.32. The zero-order chi connectivity index (χ0) is 22.8. The molecule has 1 fully saturated rings. The van der Waals surface area contributed by atoms with Gasteiger partial charge in [-0.15, -0.1) is 0 Å². The van der Waals surface area contributed by atoms with Crippen LogP contribution in [0, 0.1) is 24.7 Å². The highest BCUT2D eigenvalue weighted by Gasteiger charge is 2.64. The van der Waals surface area contributed by atoms with Crippen molar-refractivity contribution in [3.63, 3.8) is 0 Å². The van der Waals surface area contributed by atoms with Crippen LogP contribution in [-0.4, -0.2) is 22.8 Å². The van der Waals surface area contributed by atoms with E-state index in [1.807, 2.05) is 74.5 Å². The van der Waals surface area contributed by atoms with Crippen molar-refractivity contribution in [1.29, 1.82) is 0 Å². The number of aryl methyl sites for hydroxylation is 1. The number of carbonyl (C=O) groups is 2. The minimum Gasteiger partial charge on any atom is -0.458 e. The molecule has 0 N–H and O–H groups in total. The Kier molecular flexibility index (Phi) is 4.40. The van der Waals surface area contributed by atoms with Crippen molar-refractivity contribution in [2.75, 3.05) is 0 Å². The van der Waals surface area contributed by atoms with Crippen LogP contribution in [0.1, 0.15) is 46.0 Å². The van der Waals surface area contributed by atoms with Crippen LogP contribution in [0.2, 0.25) is 0 Å². The van der Waals surface area contributed by atoms with Gasteiger partial charge in [0.25, 0.3) is 0 Å². The van der Waals surface area contributed by atoms with Gasteiger partial charge in [-0.3, -0.25) is 9.59 Å². The van der Waals surface area contributed by atoms with Crippen LogP contribution in [0.25, 0.3) is 0 Å². The fourth-order valence-corrected chi connectivity index (χ4v) is 6.08. The Morgan fingerprint density at radius 3 is 2.45 bits per heavy atom. The minimum atomic E-state index is -0.777. The second-order valence-corrected chi connectivity index (χ2v) is 9.94. The Morgan fingerprint density at radius 1 is 0.970 bits per heavy atom. The molecule has 5 unspecified atom stereocenters. The highest BCUT2D eigenvalue weighted by Crippen LogP contribution is 2.58. The predicted octanol–water partition coefficient (Wildman–Crippen LogP) is 5.63. The summed E-state index contributed by atoms with van der Waals surface area (Å²) in [6, 6.07) is 15.1. The molecule has 0 aromatic heterocycles. The van der Waals surface area contributed by atoms with Gasteiger partial charge < -0.3 is 9.47 Å². The topological polar surface area (TPSA) is 52.6 Å². The van der Waals surface area contributed by atoms with Crippen LogP contribution in [0.5, 0.6) is 5.75 Å². The summed E-state index contributed by atoms with van der Waals surface area (Å²) >= 11 is 0. The number of carbonyl (C=O) groups excluding carboxylic acids is 2. The fraction of sp³-hybridized carbons (Fsp3) is 0.310. The molecule has 4 heteroatoms. The average molecular weight is 439 g/mol. The normalized spacial score (nSPS) is 33.6. The van der Waals surface area contributed by atoms with E-state index in [2.05, 4.69) is 6.08 Å². The highest BCUT2D eigenvalue weighted by atomic mass is 16.5. The first-order valence-corrected chi connectivity index (χ1v) is 11.6. The molecular formula is C29H26O4. The standard InChI is InChI=1S/C29H26O4/c1-18-9-11-20(12-10-18)32-21-6-5-14-28(2,17-21)33-29-15-13-19(16-29)24-25(29)27(31)23-8-4-3-7-22(23)26(24)30/h3-13,15,17,19,24-25H,14,16H2,1-2H3. The van der Waals surface area contributed by atoms with E-state index < -0.39 is 17.1 Å². The van der Waals surface area contributed by atoms with Crippen molar-refractivity contribution in [3.05, 3.63) is 101 Å². The van der Waals surface area contributed by atoms with Gasteiger partial charge in [0.15, 0.2) is 11.6 Å². The molecule has 33 heavy (non-hydrogen) atoms. The van der Waals surface area contributed by atoms with Crippen LogP contribution >= 0.6 is 0 Å². The minimum absolute atomic E-state index is 0.0251. The number of Topliss-reactive ketones (excluding diaryl/α,β-unsaturated/α-hetero) is 2. The maximum atomic E-state index is 13.6. The number of allylic oxidation sites excluding steroid dienone is 2. The molecule has 4 nitrogen and oxygen atoms in total. The lowest BCUT2D eigenvalue weighted by Crippen LogP contribution is -2.51. The Bertz CT molecular complexity index is 1250. The maximum absolute atomic E-state index is 13.6. The smallest absolute Gasteiger partial charge is 0.170 e. The predicted molar refractivity (Wildman–Crippen MR) is 125 cm³/mol. The van der Waals surface area contributed by atoms with E-state index >= 15 is 0 Å². The SMILES string of the molecule is Cc1ccc(OC2=CC(C)(OC34C=CC(C3)C3C(=O)c5ccccc5C(=O)C34)CC=C2)cc1. The summed E-state index contributed by atoms with van der Waals surface area (Å²) in [6.07, 6.45) is 11.5. The molecule has 1 saturated carbocycles. The summed E-state index contributed by atoms with van der Waals surface area (Å²) in [5.74, 6) is 0.799. The van der Waals surface area contributed by atoms with E-state index in [1.54, 1.807) is 12.1 Å². The van der Waals surface area contributed by atoms with Crippen molar-refractivity contribution >= 4 is 11.6 Å². The van der Waals surface area contributed by atoms with Gasteiger partial charge in [0.05, 0.1) is 17.1 Å². The van der Waals surface area contributed by atoms with E-state index in [1.165, 1.54) is 5.56 Å². The van der Waals surface area contributed by atoms with E-state index in [9.17, 15) is 9.59 Å². The van der Waals surface area contributed by atoms with Crippen LogP contribution in [0.4, 0.5) is 0 Å². The Morgan fingerprint density at radius 2 is 1.70 bits per heavy atom. The molecule has 5 atom stereocenters. The number of fused-ring (bicyclic) bond motifs is 6. The van der Waals surface area contributed by atoms with Crippen molar-refractivity contribution in [3.8, 4) is 5.75 Å². The summed E-state index contributed by atoms with van der Waals surface area (Å²) in [6.45, 7) is 4.07. The van der Waals surface area contributed by atoms with Gasteiger partial charge in [0.1, 0.15) is 11.5 Å². The van der Waals surface area contributed by atoms with Crippen molar-refractivity contribution in [1.82, 2.24) is 0 Å². The summed E-state index contributed by atoms with van der Waals surface area (Å²) in [5.41, 5.74) is 0.833. The van der Waals surface area contributed by atoms with Gasteiger partial charge in [-0.1, -0.05) is 60.2 Å². The molecule has 2 aromatic carbocycles. The lowest BCUT2D eigenvalue weighted by Gasteiger charge is -2.43. The maximum Gasteiger partial charge on any atom is 0.170 e. The lowest BCUT2D eigenvalue weighted by atomic mass is 9.68. The molecule has 166 valence electrons. The molecule has 0 amide bonds. The van der Waals surface area contributed by atoms with Crippen molar-refractivity contribution in [2.24, 2.45) is 17.8 Å². The first-order valence-electron chi connectivity index (χ1n) is 11.6. The van der Waals surface area contributed by atoms with Gasteiger partial charge in [-0.05, 0) is 56.9 Å². The van der Waals surface area contributed by atoms with Crippen LogP contribution < -0.4 is 4.74 Å². The third kappa shape index (κ3) is 3.16. The third-order valence-corrected chi connectivity index (χ3v) is 7.50. The monoisotopic (exact) mass is 438 g/mol. The molecule has 0 radical (unpaired) electrons. The average Bonchev–Trinajstić information content (AvgIpc) is 3.35. The quantitative estimate of drug-likeness (QED) is 0.581. The lowest BCUT2D eigenvalue weighted by molar-refractivity contribution is -0.111. The highest BCUT2D eigenvalue weighted by molar-refractivity contribution is 6.17. The summed E-state index contributed by atoms with van der Waals surface area (Å²) in [5, 5.41) is 0. The van der Waals surface area contributed by atoms with E-state index in [0.717, 1.165) is 5.75 Å². The number of hydrogen-bond acceptors (Lipinski definition) is 4. The zero-order valence-electron chi connectivity index (χ0n) is 18.8. The molecule has 0 saturated heterocycles. The summed E-state index contributed by atoms with van der Waals surface area (Å²) < 4.78 is 12.9. The molecule has 0 spiro atoms. The van der Waals surface area contributed by atoms with Crippen LogP contribution in [0.3, 0.4) is 0 Å². The summed E-state index contributed by atoms with van der Waals surface area (Å²) in [4.78, 5) is 26.9. The third-order valence-electron chi connectivity index (χ3n) is 7.50. The van der Waals surface area contributed by atoms with Crippen LogP contribution in [0.15, 0.2) is 84.7 Å². The number of hydrogen-bond donors (Lipinski definition) is 0. The molecule has 6 rings (SSSR count). The summed E-state index contributed by atoms with van der Waals surface area (Å²) in [7, 11) is 0. The number of ketones is 2. The fourth-order valence-electron chi connectivity index (χ4n) is 6.08. The van der Waals surface area contributed by atoms with E-state index in [-0.39, 0.29) is 23.4 Å². The van der Waals surface area contributed by atoms with Crippen molar-refractivity contribution < 1.29 is 19.1 Å². The molecule has 2 aromatic rings. The first kappa shape index (κ1) is 20.4. The van der Waals surface area contributed by atoms with Crippen molar-refractivity contribution in [2.45, 2.75) is 37.9 Å². The molecule has 0 heterocycles. The zero-order valence-corrected chi connectivity index (χ0v) is 18.8. The molecule has 0 aliphatic heterocycles. The molecule has 4 aliphatic carbocycles. The largest absolute Gasteiger partial charge is 0.458 e.